The van der Waals surface area contributed by atoms with Crippen LogP contribution in [0, 0.1) is 0 Å². The van der Waals surface area contributed by atoms with Crippen LogP contribution in [-0.2, 0) is 14.3 Å². The molecule has 0 aromatic heterocycles. The molecule has 1 fully saturated rings. The standard InChI is InChI=1S/C7H13NO3/c1-10-6(9)4-7(8)2-3-11-5-7/h2-5,8H2,1H3/t7-/m1/s1. The van der Waals surface area contributed by atoms with Gasteiger partial charge in [-0.25, -0.2) is 0 Å². The average Bonchev–Trinajstić information content (AvgIpc) is 2.36. The minimum absolute atomic E-state index is 0.253. The van der Waals surface area contributed by atoms with Crippen molar-refractivity contribution >= 4 is 5.97 Å². The van der Waals surface area contributed by atoms with Crippen molar-refractivity contribution < 1.29 is 14.3 Å². The van der Waals surface area contributed by atoms with Gasteiger partial charge in [0.15, 0.2) is 0 Å². The molecule has 0 aromatic carbocycles. The van der Waals surface area contributed by atoms with Crippen LogP contribution in [0.2, 0.25) is 0 Å². The lowest BCUT2D eigenvalue weighted by atomic mass is 9.96. The molecule has 2 N–H and O–H groups in total. The molecule has 4 nitrogen and oxygen atoms in total. The van der Waals surface area contributed by atoms with Gasteiger partial charge in [-0.15, -0.1) is 0 Å². The van der Waals surface area contributed by atoms with E-state index in [2.05, 4.69) is 4.74 Å². The zero-order chi connectivity index (χ0) is 8.32. The van der Waals surface area contributed by atoms with E-state index in [1.165, 1.54) is 7.11 Å². The molecule has 1 atom stereocenters. The summed E-state index contributed by atoms with van der Waals surface area (Å²) in [5.41, 5.74) is 5.33. The van der Waals surface area contributed by atoms with E-state index in [-0.39, 0.29) is 12.4 Å². The van der Waals surface area contributed by atoms with Gasteiger partial charge >= 0.3 is 5.97 Å². The highest BCUT2D eigenvalue weighted by Crippen LogP contribution is 2.19. The Hall–Kier alpha value is -0.610. The van der Waals surface area contributed by atoms with Crippen LogP contribution < -0.4 is 5.73 Å². The number of hydrogen-bond acceptors (Lipinski definition) is 4. The van der Waals surface area contributed by atoms with Crippen LogP contribution in [0.3, 0.4) is 0 Å². The number of nitrogens with two attached hydrogens (primary N) is 1. The summed E-state index contributed by atoms with van der Waals surface area (Å²) in [7, 11) is 1.36. The van der Waals surface area contributed by atoms with E-state index >= 15 is 0 Å². The number of esters is 1. The lowest BCUT2D eigenvalue weighted by molar-refractivity contribution is -0.142. The molecule has 0 aliphatic carbocycles. The molecule has 0 aromatic rings. The number of methoxy groups -OCH3 is 1. The van der Waals surface area contributed by atoms with Gasteiger partial charge < -0.3 is 15.2 Å². The number of ether oxygens (including phenoxy) is 2. The van der Waals surface area contributed by atoms with Crippen LogP contribution in [0.5, 0.6) is 0 Å². The Morgan fingerprint density at radius 3 is 3.00 bits per heavy atom. The molecule has 0 saturated carbocycles. The fraction of sp³-hybridized carbons (Fsp3) is 0.857. The van der Waals surface area contributed by atoms with E-state index in [0.717, 1.165) is 6.42 Å². The van der Waals surface area contributed by atoms with Crippen LogP contribution in [0.15, 0.2) is 0 Å². The van der Waals surface area contributed by atoms with Crippen molar-refractivity contribution in [2.45, 2.75) is 18.4 Å². The maximum Gasteiger partial charge on any atom is 0.307 e. The lowest BCUT2D eigenvalue weighted by Gasteiger charge is -2.19. The van der Waals surface area contributed by atoms with Crippen LogP contribution >= 0.6 is 0 Å². The van der Waals surface area contributed by atoms with Gasteiger partial charge in [0, 0.05) is 6.61 Å². The fourth-order valence-electron chi connectivity index (χ4n) is 1.12. The summed E-state index contributed by atoms with van der Waals surface area (Å²) in [6.07, 6.45) is 0.992. The SMILES string of the molecule is COC(=O)C[C@]1(N)CCOC1. The normalized spacial score (nSPS) is 30.4. The van der Waals surface area contributed by atoms with Crippen molar-refractivity contribution in [3.8, 4) is 0 Å². The van der Waals surface area contributed by atoms with Crippen molar-refractivity contribution in [2.75, 3.05) is 20.3 Å². The van der Waals surface area contributed by atoms with E-state index in [9.17, 15) is 4.79 Å². The van der Waals surface area contributed by atoms with E-state index in [1.54, 1.807) is 0 Å². The van der Waals surface area contributed by atoms with Crippen molar-refractivity contribution in [3.05, 3.63) is 0 Å². The highest BCUT2D eigenvalue weighted by molar-refractivity contribution is 5.70. The first-order valence-corrected chi connectivity index (χ1v) is 3.60. The molecule has 0 spiro atoms. The highest BCUT2D eigenvalue weighted by Gasteiger charge is 2.33. The van der Waals surface area contributed by atoms with Gasteiger partial charge in [0.1, 0.15) is 0 Å². The number of rotatable bonds is 2. The summed E-state index contributed by atoms with van der Waals surface area (Å²) < 4.78 is 9.58. The number of hydrogen-bond donors (Lipinski definition) is 1. The van der Waals surface area contributed by atoms with Crippen LogP contribution in [0.25, 0.3) is 0 Å². The van der Waals surface area contributed by atoms with E-state index in [0.29, 0.717) is 13.2 Å². The number of carbonyl (C=O) groups is 1. The maximum absolute atomic E-state index is 10.8. The summed E-state index contributed by atoms with van der Waals surface area (Å²) in [6.45, 7) is 1.11. The predicted molar refractivity (Wildman–Crippen MR) is 39.0 cm³/mol. The summed E-state index contributed by atoms with van der Waals surface area (Å²) in [6, 6.07) is 0. The van der Waals surface area contributed by atoms with Crippen LogP contribution in [0.4, 0.5) is 0 Å². The molecule has 0 bridgehead atoms. The first kappa shape index (κ1) is 8.49. The molecule has 1 rings (SSSR count). The van der Waals surface area contributed by atoms with Gasteiger partial charge in [0.2, 0.25) is 0 Å². The second kappa shape index (κ2) is 3.19. The third kappa shape index (κ3) is 2.17. The predicted octanol–water partition coefficient (Wildman–Crippen LogP) is -0.333. The Morgan fingerprint density at radius 2 is 2.55 bits per heavy atom. The van der Waals surface area contributed by atoms with Crippen LogP contribution in [0.1, 0.15) is 12.8 Å². The Morgan fingerprint density at radius 1 is 1.82 bits per heavy atom. The highest BCUT2D eigenvalue weighted by atomic mass is 16.5. The molecule has 1 saturated heterocycles. The Kier molecular flexibility index (Phi) is 2.46. The quantitative estimate of drug-likeness (QED) is 0.560. The lowest BCUT2D eigenvalue weighted by Crippen LogP contribution is -2.42. The Bertz CT molecular complexity index is 152. The Labute approximate surface area is 65.7 Å². The van der Waals surface area contributed by atoms with Crippen molar-refractivity contribution in [1.29, 1.82) is 0 Å². The van der Waals surface area contributed by atoms with Gasteiger partial charge in [-0.2, -0.15) is 0 Å². The minimum Gasteiger partial charge on any atom is -0.469 e. The zero-order valence-electron chi connectivity index (χ0n) is 6.63. The molecular formula is C7H13NO3. The molecule has 1 aliphatic heterocycles. The summed E-state index contributed by atoms with van der Waals surface area (Å²) in [4.78, 5) is 10.8. The molecule has 4 heteroatoms. The van der Waals surface area contributed by atoms with Gasteiger partial charge in [0.25, 0.3) is 0 Å². The number of carbonyl (C=O) groups excluding carboxylic acids is 1. The molecule has 0 radical (unpaired) electrons. The van der Waals surface area contributed by atoms with Gasteiger partial charge in [-0.3, -0.25) is 4.79 Å². The summed E-state index contributed by atoms with van der Waals surface area (Å²) >= 11 is 0. The van der Waals surface area contributed by atoms with E-state index < -0.39 is 5.54 Å². The average molecular weight is 159 g/mol. The molecule has 1 aliphatic rings. The zero-order valence-corrected chi connectivity index (χ0v) is 6.63. The second-order valence-electron chi connectivity index (χ2n) is 2.92. The smallest absolute Gasteiger partial charge is 0.307 e. The second-order valence-corrected chi connectivity index (χ2v) is 2.92. The molecule has 0 amide bonds. The fourth-order valence-corrected chi connectivity index (χ4v) is 1.12. The topological polar surface area (TPSA) is 61.5 Å². The third-order valence-electron chi connectivity index (χ3n) is 1.86. The van der Waals surface area contributed by atoms with Gasteiger partial charge in [0.05, 0.1) is 25.7 Å². The summed E-state index contributed by atoms with van der Waals surface area (Å²) in [5.74, 6) is -0.266. The molecule has 1 heterocycles. The molecule has 0 unspecified atom stereocenters. The molecule has 11 heavy (non-hydrogen) atoms. The third-order valence-corrected chi connectivity index (χ3v) is 1.86. The molecular weight excluding hydrogens is 146 g/mol. The van der Waals surface area contributed by atoms with Crippen LogP contribution in [-0.4, -0.2) is 31.8 Å². The van der Waals surface area contributed by atoms with Gasteiger partial charge in [-0.05, 0) is 6.42 Å². The van der Waals surface area contributed by atoms with Crippen molar-refractivity contribution in [1.82, 2.24) is 0 Å². The maximum atomic E-state index is 10.8. The minimum atomic E-state index is -0.479. The molecule has 64 valence electrons. The first-order valence-electron chi connectivity index (χ1n) is 3.60. The monoisotopic (exact) mass is 159 g/mol. The van der Waals surface area contributed by atoms with Crippen molar-refractivity contribution in [2.24, 2.45) is 5.73 Å². The summed E-state index contributed by atoms with van der Waals surface area (Å²) in [5, 5.41) is 0. The van der Waals surface area contributed by atoms with E-state index in [4.69, 9.17) is 10.5 Å². The van der Waals surface area contributed by atoms with Crippen molar-refractivity contribution in [3.63, 3.8) is 0 Å². The first-order chi connectivity index (χ1) is 5.16. The van der Waals surface area contributed by atoms with Gasteiger partial charge in [-0.1, -0.05) is 0 Å². The largest absolute Gasteiger partial charge is 0.469 e. The Balaban J connectivity index is 2.39. The van der Waals surface area contributed by atoms with E-state index in [1.807, 2.05) is 0 Å².